The van der Waals surface area contributed by atoms with Crippen molar-refractivity contribution >= 4 is 12.4 Å². The summed E-state index contributed by atoms with van der Waals surface area (Å²) < 4.78 is 11.1. The molecule has 1 aliphatic rings. The molecular weight excluding hydrogens is 238 g/mol. The number of hydrogen-bond acceptors (Lipinski definition) is 3. The molecule has 1 heterocycles. The zero-order valence-corrected chi connectivity index (χ0v) is 11.0. The average Bonchev–Trinajstić information content (AvgIpc) is 2.38. The van der Waals surface area contributed by atoms with Gasteiger partial charge in [-0.3, -0.25) is 0 Å². The Hall–Kier alpha value is -0.930. The molecule has 0 aliphatic carbocycles. The van der Waals surface area contributed by atoms with E-state index >= 15 is 0 Å². The van der Waals surface area contributed by atoms with Crippen LogP contribution in [0, 0.1) is 5.92 Å². The molecule has 2 rings (SSSR count). The van der Waals surface area contributed by atoms with E-state index in [-0.39, 0.29) is 12.4 Å². The summed E-state index contributed by atoms with van der Waals surface area (Å²) in [5.41, 5.74) is 0. The molecule has 1 aromatic carbocycles. The third-order valence-electron chi connectivity index (χ3n) is 3.00. The molecule has 0 unspecified atom stereocenters. The van der Waals surface area contributed by atoms with Crippen LogP contribution in [0.2, 0.25) is 0 Å². The summed E-state index contributed by atoms with van der Waals surface area (Å²) in [7, 11) is 1.67. The first-order valence-electron chi connectivity index (χ1n) is 5.86. The number of hydrogen-bond donors (Lipinski definition) is 1. The molecular formula is C13H20ClNO2. The van der Waals surface area contributed by atoms with E-state index in [1.165, 1.54) is 12.8 Å². The number of nitrogens with one attached hydrogen (secondary N) is 1. The maximum atomic E-state index is 5.81. The fraction of sp³-hybridized carbons (Fsp3) is 0.538. The van der Waals surface area contributed by atoms with E-state index in [0.29, 0.717) is 5.92 Å². The Morgan fingerprint density at radius 3 is 2.47 bits per heavy atom. The number of benzene rings is 1. The van der Waals surface area contributed by atoms with Crippen LogP contribution >= 0.6 is 12.4 Å². The summed E-state index contributed by atoms with van der Waals surface area (Å²) >= 11 is 0. The van der Waals surface area contributed by atoms with Gasteiger partial charge < -0.3 is 14.8 Å². The van der Waals surface area contributed by atoms with Crippen molar-refractivity contribution in [2.24, 2.45) is 5.92 Å². The monoisotopic (exact) mass is 257 g/mol. The topological polar surface area (TPSA) is 30.5 Å². The van der Waals surface area contributed by atoms with Gasteiger partial charge >= 0.3 is 0 Å². The van der Waals surface area contributed by atoms with E-state index in [4.69, 9.17) is 9.47 Å². The molecule has 0 atom stereocenters. The van der Waals surface area contributed by atoms with Crippen LogP contribution in [0.5, 0.6) is 11.5 Å². The van der Waals surface area contributed by atoms with Crippen LogP contribution < -0.4 is 14.8 Å². The highest BCUT2D eigenvalue weighted by atomic mass is 35.5. The van der Waals surface area contributed by atoms with Crippen molar-refractivity contribution in [3.63, 3.8) is 0 Å². The average molecular weight is 258 g/mol. The molecule has 4 heteroatoms. The van der Waals surface area contributed by atoms with E-state index in [0.717, 1.165) is 31.2 Å². The quantitative estimate of drug-likeness (QED) is 0.899. The molecule has 0 aromatic heterocycles. The maximum Gasteiger partial charge on any atom is 0.161 e. The van der Waals surface area contributed by atoms with Gasteiger partial charge in [-0.05, 0) is 44.0 Å². The minimum absolute atomic E-state index is 0. The van der Waals surface area contributed by atoms with Crippen LogP contribution in [0.3, 0.4) is 0 Å². The number of halogens is 1. The van der Waals surface area contributed by atoms with Gasteiger partial charge in [0.2, 0.25) is 0 Å². The van der Waals surface area contributed by atoms with Crippen LogP contribution in [-0.4, -0.2) is 26.8 Å². The van der Waals surface area contributed by atoms with Crippen molar-refractivity contribution in [3.05, 3.63) is 24.3 Å². The Balaban J connectivity index is 0.00000144. The van der Waals surface area contributed by atoms with Crippen LogP contribution in [0.25, 0.3) is 0 Å². The first-order valence-corrected chi connectivity index (χ1v) is 5.86. The molecule has 0 radical (unpaired) electrons. The number of piperidine rings is 1. The minimum Gasteiger partial charge on any atom is -0.493 e. The van der Waals surface area contributed by atoms with E-state index in [1.54, 1.807) is 7.11 Å². The maximum absolute atomic E-state index is 5.81. The first kappa shape index (κ1) is 14.1. The van der Waals surface area contributed by atoms with Gasteiger partial charge in [-0.2, -0.15) is 0 Å². The lowest BCUT2D eigenvalue weighted by molar-refractivity contribution is 0.208. The third-order valence-corrected chi connectivity index (χ3v) is 3.00. The summed E-state index contributed by atoms with van der Waals surface area (Å²) in [5, 5.41) is 3.36. The molecule has 0 spiro atoms. The Bertz CT molecular complexity index is 327. The molecule has 3 nitrogen and oxygen atoms in total. The smallest absolute Gasteiger partial charge is 0.161 e. The van der Waals surface area contributed by atoms with Gasteiger partial charge in [0.05, 0.1) is 13.7 Å². The van der Waals surface area contributed by atoms with Crippen molar-refractivity contribution in [1.82, 2.24) is 5.32 Å². The lowest BCUT2D eigenvalue weighted by Gasteiger charge is -2.23. The predicted molar refractivity (Wildman–Crippen MR) is 71.3 cm³/mol. The standard InChI is InChI=1S/C13H19NO2.ClH/c1-15-12-4-2-3-5-13(12)16-10-11-6-8-14-9-7-11;/h2-5,11,14H,6-10H2,1H3;1H. The van der Waals surface area contributed by atoms with Gasteiger partial charge in [-0.1, -0.05) is 12.1 Å². The van der Waals surface area contributed by atoms with Crippen molar-refractivity contribution in [3.8, 4) is 11.5 Å². The van der Waals surface area contributed by atoms with Crippen molar-refractivity contribution in [1.29, 1.82) is 0 Å². The van der Waals surface area contributed by atoms with Gasteiger partial charge in [0.15, 0.2) is 11.5 Å². The summed E-state index contributed by atoms with van der Waals surface area (Å²) in [4.78, 5) is 0. The molecule has 96 valence electrons. The molecule has 1 fully saturated rings. The zero-order chi connectivity index (χ0) is 11.2. The SMILES string of the molecule is COc1ccccc1OCC1CCNCC1.Cl. The van der Waals surface area contributed by atoms with E-state index in [1.807, 2.05) is 24.3 Å². The molecule has 0 amide bonds. The third kappa shape index (κ3) is 4.10. The van der Waals surface area contributed by atoms with Crippen molar-refractivity contribution in [2.75, 3.05) is 26.8 Å². The van der Waals surface area contributed by atoms with Gasteiger partial charge in [-0.25, -0.2) is 0 Å². The summed E-state index contributed by atoms with van der Waals surface area (Å²) in [6, 6.07) is 7.81. The molecule has 0 saturated carbocycles. The van der Waals surface area contributed by atoms with Crippen LogP contribution in [0.4, 0.5) is 0 Å². The number of rotatable bonds is 4. The lowest BCUT2D eigenvalue weighted by atomic mass is 9.99. The second-order valence-corrected chi connectivity index (χ2v) is 4.16. The van der Waals surface area contributed by atoms with Crippen molar-refractivity contribution < 1.29 is 9.47 Å². The Labute approximate surface area is 109 Å². The van der Waals surface area contributed by atoms with Crippen LogP contribution in [0.15, 0.2) is 24.3 Å². The van der Waals surface area contributed by atoms with E-state index in [2.05, 4.69) is 5.32 Å². The fourth-order valence-electron chi connectivity index (χ4n) is 1.99. The Kier molecular flexibility index (Phi) is 6.16. The minimum atomic E-state index is 0. The summed E-state index contributed by atoms with van der Waals surface area (Å²) in [5.74, 6) is 2.34. The highest BCUT2D eigenvalue weighted by molar-refractivity contribution is 5.85. The lowest BCUT2D eigenvalue weighted by Crippen LogP contribution is -2.30. The van der Waals surface area contributed by atoms with Crippen molar-refractivity contribution in [2.45, 2.75) is 12.8 Å². The molecule has 1 N–H and O–H groups in total. The fourth-order valence-corrected chi connectivity index (χ4v) is 1.99. The Morgan fingerprint density at radius 1 is 1.18 bits per heavy atom. The predicted octanol–water partition coefficient (Wildman–Crippen LogP) is 2.50. The van der Waals surface area contributed by atoms with E-state index < -0.39 is 0 Å². The molecule has 1 aromatic rings. The van der Waals surface area contributed by atoms with Gasteiger partial charge in [0.1, 0.15) is 0 Å². The molecule has 1 saturated heterocycles. The highest BCUT2D eigenvalue weighted by Crippen LogP contribution is 2.26. The normalized spacial score (nSPS) is 16.1. The van der Waals surface area contributed by atoms with Crippen LogP contribution in [-0.2, 0) is 0 Å². The number of para-hydroxylation sites is 2. The first-order chi connectivity index (χ1) is 7.90. The zero-order valence-electron chi connectivity index (χ0n) is 10.1. The summed E-state index contributed by atoms with van der Waals surface area (Å²) in [6.45, 7) is 3.02. The highest BCUT2D eigenvalue weighted by Gasteiger charge is 2.14. The van der Waals surface area contributed by atoms with Gasteiger partial charge in [0.25, 0.3) is 0 Å². The second-order valence-electron chi connectivity index (χ2n) is 4.16. The Morgan fingerprint density at radius 2 is 1.82 bits per heavy atom. The molecule has 0 bridgehead atoms. The second kappa shape index (κ2) is 7.41. The summed E-state index contributed by atoms with van der Waals surface area (Å²) in [6.07, 6.45) is 2.41. The molecule has 17 heavy (non-hydrogen) atoms. The van der Waals surface area contributed by atoms with Crippen LogP contribution in [0.1, 0.15) is 12.8 Å². The number of methoxy groups -OCH3 is 1. The largest absolute Gasteiger partial charge is 0.493 e. The molecule has 1 aliphatic heterocycles. The van der Waals surface area contributed by atoms with Gasteiger partial charge in [-0.15, -0.1) is 12.4 Å². The van der Waals surface area contributed by atoms with E-state index in [9.17, 15) is 0 Å². The van der Waals surface area contributed by atoms with Gasteiger partial charge in [0, 0.05) is 0 Å². The number of ether oxygens (including phenoxy) is 2.